The number of halogens is 1. The summed E-state index contributed by atoms with van der Waals surface area (Å²) >= 11 is 5.91. The van der Waals surface area contributed by atoms with Crippen molar-refractivity contribution in [3.05, 3.63) is 47.0 Å². The van der Waals surface area contributed by atoms with Gasteiger partial charge in [0.15, 0.2) is 0 Å². The Morgan fingerprint density at radius 3 is 2.91 bits per heavy atom. The van der Waals surface area contributed by atoms with Crippen LogP contribution in [0.3, 0.4) is 0 Å². The number of carbonyl (C=O) groups is 1. The molecule has 2 aromatic rings. The van der Waals surface area contributed by atoms with Crippen LogP contribution >= 0.6 is 11.6 Å². The minimum absolute atomic E-state index is 0.0735. The SMILES string of the molecule is Cn1ncnc1CNC(=O)N[C@@H]1CCO[C@H]1c1ccc(Cl)cc1. The maximum atomic E-state index is 12.1. The van der Waals surface area contributed by atoms with Gasteiger partial charge in [0.1, 0.15) is 18.3 Å². The standard InChI is InChI=1S/C15H18ClN5O2/c1-21-13(18-9-19-21)8-17-15(22)20-12-6-7-23-14(12)10-2-4-11(16)5-3-10/h2-5,9,12,14H,6-8H2,1H3,(H2,17,20,22)/t12-,14+/m1/s1. The topological polar surface area (TPSA) is 81.1 Å². The first kappa shape index (κ1) is 15.8. The van der Waals surface area contributed by atoms with Crippen LogP contribution in [0.5, 0.6) is 0 Å². The van der Waals surface area contributed by atoms with Crippen LogP contribution in [0.4, 0.5) is 4.79 Å². The fourth-order valence-corrected chi connectivity index (χ4v) is 2.70. The zero-order valence-corrected chi connectivity index (χ0v) is 13.5. The van der Waals surface area contributed by atoms with Crippen molar-refractivity contribution in [2.24, 2.45) is 7.05 Å². The molecule has 8 heteroatoms. The van der Waals surface area contributed by atoms with E-state index in [2.05, 4.69) is 20.7 Å². The van der Waals surface area contributed by atoms with Gasteiger partial charge in [-0.3, -0.25) is 4.68 Å². The van der Waals surface area contributed by atoms with E-state index in [4.69, 9.17) is 16.3 Å². The normalized spacial score (nSPS) is 20.4. The third-order valence-corrected chi connectivity index (χ3v) is 4.07. The minimum Gasteiger partial charge on any atom is -0.371 e. The van der Waals surface area contributed by atoms with Gasteiger partial charge in [0.25, 0.3) is 0 Å². The molecule has 0 spiro atoms. The van der Waals surface area contributed by atoms with E-state index < -0.39 is 0 Å². The number of aromatic nitrogens is 3. The molecule has 2 atom stereocenters. The van der Waals surface area contributed by atoms with Crippen molar-refractivity contribution in [2.75, 3.05) is 6.61 Å². The van der Waals surface area contributed by atoms with Crippen LogP contribution in [0.15, 0.2) is 30.6 Å². The highest BCUT2D eigenvalue weighted by molar-refractivity contribution is 6.30. The van der Waals surface area contributed by atoms with Gasteiger partial charge >= 0.3 is 6.03 Å². The molecule has 0 unspecified atom stereocenters. The van der Waals surface area contributed by atoms with Gasteiger partial charge in [-0.25, -0.2) is 9.78 Å². The van der Waals surface area contributed by atoms with Gasteiger partial charge in [-0.05, 0) is 24.1 Å². The summed E-state index contributed by atoms with van der Waals surface area (Å²) in [7, 11) is 1.78. The predicted octanol–water partition coefficient (Wildman–Crippen LogP) is 1.80. The molecule has 2 amide bonds. The van der Waals surface area contributed by atoms with Crippen LogP contribution in [-0.2, 0) is 18.3 Å². The van der Waals surface area contributed by atoms with Crippen molar-refractivity contribution >= 4 is 17.6 Å². The van der Waals surface area contributed by atoms with Crippen LogP contribution in [0.25, 0.3) is 0 Å². The number of benzene rings is 1. The first-order valence-electron chi connectivity index (χ1n) is 7.38. The van der Waals surface area contributed by atoms with Crippen molar-refractivity contribution in [3.63, 3.8) is 0 Å². The fourth-order valence-electron chi connectivity index (χ4n) is 2.58. The zero-order valence-electron chi connectivity index (χ0n) is 12.7. The van der Waals surface area contributed by atoms with Gasteiger partial charge in [-0.15, -0.1) is 0 Å². The Balaban J connectivity index is 1.56. The van der Waals surface area contributed by atoms with Crippen molar-refractivity contribution in [3.8, 4) is 0 Å². The smallest absolute Gasteiger partial charge is 0.315 e. The number of rotatable bonds is 4. The predicted molar refractivity (Wildman–Crippen MR) is 84.9 cm³/mol. The highest BCUT2D eigenvalue weighted by Gasteiger charge is 2.30. The third kappa shape index (κ3) is 3.80. The Hall–Kier alpha value is -2.12. The van der Waals surface area contributed by atoms with Gasteiger partial charge in [0.2, 0.25) is 0 Å². The maximum Gasteiger partial charge on any atom is 0.315 e. The molecule has 1 saturated heterocycles. The Bertz CT molecular complexity index is 673. The molecule has 1 aliphatic rings. The van der Waals surface area contributed by atoms with E-state index in [1.807, 2.05) is 24.3 Å². The van der Waals surface area contributed by atoms with Gasteiger partial charge in [-0.2, -0.15) is 5.10 Å². The number of hydrogen-bond donors (Lipinski definition) is 2. The van der Waals surface area contributed by atoms with Crippen molar-refractivity contribution in [2.45, 2.75) is 25.1 Å². The number of amides is 2. The first-order valence-corrected chi connectivity index (χ1v) is 7.75. The summed E-state index contributed by atoms with van der Waals surface area (Å²) in [5.41, 5.74) is 1.01. The number of carbonyl (C=O) groups excluding carboxylic acids is 1. The third-order valence-electron chi connectivity index (χ3n) is 3.82. The van der Waals surface area contributed by atoms with E-state index in [0.29, 0.717) is 24.0 Å². The number of aryl methyl sites for hydroxylation is 1. The molecule has 2 heterocycles. The van der Waals surface area contributed by atoms with E-state index in [1.165, 1.54) is 6.33 Å². The lowest BCUT2D eigenvalue weighted by Crippen LogP contribution is -2.43. The molecule has 1 aromatic carbocycles. The Labute approximate surface area is 139 Å². The summed E-state index contributed by atoms with van der Waals surface area (Å²) in [4.78, 5) is 16.1. The molecule has 1 fully saturated rings. The molecule has 0 aliphatic carbocycles. The lowest BCUT2D eigenvalue weighted by atomic mass is 10.0. The summed E-state index contributed by atoms with van der Waals surface area (Å²) in [5, 5.41) is 10.4. The van der Waals surface area contributed by atoms with Crippen LogP contribution in [0.1, 0.15) is 23.9 Å². The number of ether oxygens (including phenoxy) is 1. The zero-order chi connectivity index (χ0) is 16.2. The summed E-state index contributed by atoms with van der Waals surface area (Å²) < 4.78 is 7.37. The Morgan fingerprint density at radius 1 is 1.43 bits per heavy atom. The van der Waals surface area contributed by atoms with E-state index in [-0.39, 0.29) is 18.2 Å². The molecule has 1 aliphatic heterocycles. The Kier molecular flexibility index (Phi) is 4.78. The number of nitrogens with zero attached hydrogens (tertiary/aromatic N) is 3. The minimum atomic E-state index is -0.248. The molecule has 0 saturated carbocycles. The largest absolute Gasteiger partial charge is 0.371 e. The van der Waals surface area contributed by atoms with E-state index in [0.717, 1.165) is 12.0 Å². The summed E-state index contributed by atoms with van der Waals surface area (Å²) in [6, 6.07) is 7.17. The average molecular weight is 336 g/mol. The van der Waals surface area contributed by atoms with Crippen LogP contribution in [-0.4, -0.2) is 33.4 Å². The van der Waals surface area contributed by atoms with Crippen molar-refractivity contribution < 1.29 is 9.53 Å². The van der Waals surface area contributed by atoms with Crippen LogP contribution in [0, 0.1) is 0 Å². The molecule has 0 radical (unpaired) electrons. The first-order chi connectivity index (χ1) is 11.1. The monoisotopic (exact) mass is 335 g/mol. The molecule has 2 N–H and O–H groups in total. The molecular formula is C15H18ClN5O2. The molecule has 1 aromatic heterocycles. The average Bonchev–Trinajstić information content (AvgIpc) is 3.15. The second-order valence-electron chi connectivity index (χ2n) is 5.37. The summed E-state index contributed by atoms with van der Waals surface area (Å²) in [6.45, 7) is 0.934. The van der Waals surface area contributed by atoms with Crippen molar-refractivity contribution in [1.29, 1.82) is 0 Å². The van der Waals surface area contributed by atoms with E-state index >= 15 is 0 Å². The summed E-state index contributed by atoms with van der Waals surface area (Å²) in [6.07, 6.45) is 2.06. The number of urea groups is 1. The molecule has 3 rings (SSSR count). The Morgan fingerprint density at radius 2 is 2.22 bits per heavy atom. The van der Waals surface area contributed by atoms with Crippen LogP contribution in [0.2, 0.25) is 5.02 Å². The molecule has 0 bridgehead atoms. The molecular weight excluding hydrogens is 318 g/mol. The van der Waals surface area contributed by atoms with Gasteiger partial charge in [-0.1, -0.05) is 23.7 Å². The van der Waals surface area contributed by atoms with E-state index in [9.17, 15) is 4.79 Å². The fraction of sp³-hybridized carbons (Fsp3) is 0.400. The van der Waals surface area contributed by atoms with Gasteiger partial charge < -0.3 is 15.4 Å². The summed E-state index contributed by atoms with van der Waals surface area (Å²) in [5.74, 6) is 0.692. The van der Waals surface area contributed by atoms with E-state index in [1.54, 1.807) is 11.7 Å². The highest BCUT2D eigenvalue weighted by Crippen LogP contribution is 2.29. The maximum absolute atomic E-state index is 12.1. The highest BCUT2D eigenvalue weighted by atomic mass is 35.5. The van der Waals surface area contributed by atoms with Gasteiger partial charge in [0.05, 0.1) is 12.6 Å². The lowest BCUT2D eigenvalue weighted by Gasteiger charge is -2.20. The van der Waals surface area contributed by atoms with Crippen LogP contribution < -0.4 is 10.6 Å². The number of hydrogen-bond acceptors (Lipinski definition) is 4. The lowest BCUT2D eigenvalue weighted by molar-refractivity contribution is 0.0999. The quantitative estimate of drug-likeness (QED) is 0.892. The van der Waals surface area contributed by atoms with Crippen molar-refractivity contribution in [1.82, 2.24) is 25.4 Å². The molecule has 7 nitrogen and oxygen atoms in total. The van der Waals surface area contributed by atoms with Gasteiger partial charge in [0, 0.05) is 18.7 Å². The molecule has 23 heavy (non-hydrogen) atoms. The second kappa shape index (κ2) is 6.97. The second-order valence-corrected chi connectivity index (χ2v) is 5.80. The molecule has 122 valence electrons. The number of nitrogens with one attached hydrogen (secondary N) is 2.